The van der Waals surface area contributed by atoms with Crippen LogP contribution in [0.3, 0.4) is 0 Å². The first-order valence-electron chi connectivity index (χ1n) is 4.13. The second-order valence-corrected chi connectivity index (χ2v) is 3.14. The lowest BCUT2D eigenvalue weighted by Crippen LogP contribution is -1.95. The summed E-state index contributed by atoms with van der Waals surface area (Å²) in [6.07, 6.45) is 4.87. The Morgan fingerprint density at radius 2 is 2.38 bits per heavy atom. The fourth-order valence-electron chi connectivity index (χ4n) is 1.35. The molecule has 0 atom stereocenters. The summed E-state index contributed by atoms with van der Waals surface area (Å²) in [6, 6.07) is 5.81. The van der Waals surface area contributed by atoms with Crippen molar-refractivity contribution in [3.05, 3.63) is 36.3 Å². The van der Waals surface area contributed by atoms with Crippen LogP contribution in [-0.4, -0.2) is 5.78 Å². The minimum absolute atomic E-state index is 0.169. The predicted octanol–water partition coefficient (Wildman–Crippen LogP) is 2.36. The fourth-order valence-corrected chi connectivity index (χ4v) is 1.35. The highest BCUT2D eigenvalue weighted by Crippen LogP contribution is 2.16. The van der Waals surface area contributed by atoms with Crippen LogP contribution in [0.5, 0.6) is 0 Å². The van der Waals surface area contributed by atoms with Gasteiger partial charge in [-0.3, -0.25) is 4.79 Å². The molecule has 2 nitrogen and oxygen atoms in total. The van der Waals surface area contributed by atoms with Crippen LogP contribution in [0.4, 0.5) is 0 Å². The van der Waals surface area contributed by atoms with Crippen molar-refractivity contribution < 1.29 is 9.21 Å². The molecule has 1 radical (unpaired) electrons. The summed E-state index contributed by atoms with van der Waals surface area (Å²) in [5, 5.41) is 1.95. The van der Waals surface area contributed by atoms with Crippen molar-refractivity contribution in [2.45, 2.75) is 13.3 Å². The van der Waals surface area contributed by atoms with Crippen molar-refractivity contribution >= 4 is 16.6 Å². The van der Waals surface area contributed by atoms with Gasteiger partial charge in [0.2, 0.25) is 0 Å². The van der Waals surface area contributed by atoms with Crippen molar-refractivity contribution in [3.63, 3.8) is 0 Å². The topological polar surface area (TPSA) is 30.2 Å². The Balaban J connectivity index is 2.42. The van der Waals surface area contributed by atoms with Crippen molar-refractivity contribution in [3.8, 4) is 0 Å². The first-order chi connectivity index (χ1) is 6.25. The zero-order valence-corrected chi connectivity index (χ0v) is 7.33. The van der Waals surface area contributed by atoms with Crippen LogP contribution in [0.1, 0.15) is 12.5 Å². The van der Waals surface area contributed by atoms with Gasteiger partial charge in [0, 0.05) is 17.2 Å². The molecule has 1 aromatic carbocycles. The molecule has 0 saturated carbocycles. The number of ketones is 1. The number of rotatable bonds is 2. The minimum atomic E-state index is 0.169. The Morgan fingerprint density at radius 3 is 3.15 bits per heavy atom. The molecule has 0 fully saturated rings. The number of carbonyl (C=O) groups is 1. The summed E-state index contributed by atoms with van der Waals surface area (Å²) in [5.74, 6) is 0.169. The monoisotopic (exact) mass is 173 g/mol. The summed E-state index contributed by atoms with van der Waals surface area (Å²) < 4.78 is 4.91. The first-order valence-corrected chi connectivity index (χ1v) is 4.13. The molecule has 1 heterocycles. The van der Waals surface area contributed by atoms with E-state index in [2.05, 4.69) is 6.26 Å². The third-order valence-corrected chi connectivity index (χ3v) is 1.93. The Morgan fingerprint density at radius 1 is 1.54 bits per heavy atom. The highest BCUT2D eigenvalue weighted by molar-refractivity contribution is 5.84. The smallest absolute Gasteiger partial charge is 0.177 e. The molecule has 0 amide bonds. The Kier molecular flexibility index (Phi) is 1.89. The molecule has 0 spiro atoms. The molecule has 0 bridgehead atoms. The van der Waals surface area contributed by atoms with E-state index in [4.69, 9.17) is 4.42 Å². The zero-order valence-electron chi connectivity index (χ0n) is 7.33. The number of furan rings is 1. The van der Waals surface area contributed by atoms with Gasteiger partial charge in [0.1, 0.15) is 5.78 Å². The summed E-state index contributed by atoms with van der Waals surface area (Å²) in [4.78, 5) is 10.9. The van der Waals surface area contributed by atoms with Crippen molar-refractivity contribution in [2.24, 2.45) is 0 Å². The third-order valence-electron chi connectivity index (χ3n) is 1.93. The van der Waals surface area contributed by atoms with Crippen molar-refractivity contribution in [1.29, 1.82) is 0 Å². The highest BCUT2D eigenvalue weighted by Gasteiger charge is 2.00. The number of hydrogen-bond acceptors (Lipinski definition) is 2. The molecule has 2 aromatic rings. The van der Waals surface area contributed by atoms with Crippen LogP contribution in [0.15, 0.2) is 28.9 Å². The first kappa shape index (κ1) is 8.05. The molecule has 0 aliphatic rings. The molecular formula is C11H9O2. The molecule has 2 heteroatoms. The van der Waals surface area contributed by atoms with Gasteiger partial charge in [-0.05, 0) is 18.6 Å². The molecule has 1 aromatic heterocycles. The van der Waals surface area contributed by atoms with E-state index in [1.54, 1.807) is 13.2 Å². The zero-order chi connectivity index (χ0) is 9.26. The van der Waals surface area contributed by atoms with E-state index in [1.807, 2.05) is 18.2 Å². The van der Waals surface area contributed by atoms with Gasteiger partial charge in [-0.15, -0.1) is 0 Å². The van der Waals surface area contributed by atoms with E-state index in [0.29, 0.717) is 6.42 Å². The number of fused-ring (bicyclic) bond motifs is 1. The van der Waals surface area contributed by atoms with E-state index < -0.39 is 0 Å². The lowest BCUT2D eigenvalue weighted by atomic mass is 10.1. The minimum Gasteiger partial charge on any atom is -0.460 e. The van der Waals surface area contributed by atoms with E-state index in [-0.39, 0.29) is 5.78 Å². The molecule has 0 saturated heterocycles. The van der Waals surface area contributed by atoms with Gasteiger partial charge in [0.15, 0.2) is 6.26 Å². The van der Waals surface area contributed by atoms with Gasteiger partial charge in [-0.1, -0.05) is 12.1 Å². The Labute approximate surface area is 76.2 Å². The van der Waals surface area contributed by atoms with E-state index in [9.17, 15) is 4.79 Å². The van der Waals surface area contributed by atoms with Gasteiger partial charge < -0.3 is 4.42 Å². The van der Waals surface area contributed by atoms with Crippen molar-refractivity contribution in [2.75, 3.05) is 0 Å². The van der Waals surface area contributed by atoms with Gasteiger partial charge in [-0.25, -0.2) is 0 Å². The maximum Gasteiger partial charge on any atom is 0.177 e. The van der Waals surface area contributed by atoms with Crippen molar-refractivity contribution in [1.82, 2.24) is 0 Å². The number of hydrogen-bond donors (Lipinski definition) is 0. The number of Topliss-reactive ketones (excluding diaryl/α,β-unsaturated/α-hetero) is 1. The normalized spacial score (nSPS) is 10.5. The SMILES string of the molecule is CC(=O)Cc1ccc2co[c]c2c1. The van der Waals surface area contributed by atoms with Gasteiger partial charge in [-0.2, -0.15) is 0 Å². The average Bonchev–Trinajstić information content (AvgIpc) is 2.49. The molecule has 2 rings (SSSR count). The molecule has 0 aliphatic carbocycles. The summed E-state index contributed by atoms with van der Waals surface area (Å²) >= 11 is 0. The fraction of sp³-hybridized carbons (Fsp3) is 0.182. The maximum absolute atomic E-state index is 10.9. The average molecular weight is 173 g/mol. The van der Waals surface area contributed by atoms with Crippen LogP contribution in [0, 0.1) is 6.26 Å². The molecule has 0 aliphatic heterocycles. The van der Waals surface area contributed by atoms with E-state index in [0.717, 1.165) is 16.3 Å². The number of carbonyl (C=O) groups excluding carboxylic acids is 1. The molecule has 65 valence electrons. The second kappa shape index (κ2) is 3.05. The van der Waals surface area contributed by atoms with Crippen LogP contribution in [0.25, 0.3) is 10.8 Å². The molecule has 0 N–H and O–H groups in total. The Hall–Kier alpha value is -1.57. The summed E-state index contributed by atoms with van der Waals surface area (Å²) in [6.45, 7) is 1.59. The van der Waals surface area contributed by atoms with E-state index >= 15 is 0 Å². The summed E-state index contributed by atoms with van der Waals surface area (Å²) in [5.41, 5.74) is 1.01. The van der Waals surface area contributed by atoms with E-state index in [1.165, 1.54) is 0 Å². The highest BCUT2D eigenvalue weighted by atomic mass is 16.3. The predicted molar refractivity (Wildman–Crippen MR) is 49.4 cm³/mol. The standard InChI is InChI=1S/C11H9O2/c1-8(12)4-9-2-3-10-6-13-7-11(10)5-9/h2-3,5-6H,4H2,1H3. The van der Waals surface area contributed by atoms with Crippen LogP contribution in [0.2, 0.25) is 0 Å². The lowest BCUT2D eigenvalue weighted by molar-refractivity contribution is -0.116. The van der Waals surface area contributed by atoms with Gasteiger partial charge >= 0.3 is 0 Å². The second-order valence-electron chi connectivity index (χ2n) is 3.14. The summed E-state index contributed by atoms with van der Waals surface area (Å²) in [7, 11) is 0. The Bertz CT molecular complexity index is 440. The van der Waals surface area contributed by atoms with Gasteiger partial charge in [0.05, 0.1) is 6.26 Å². The third kappa shape index (κ3) is 1.61. The molecule has 0 unspecified atom stereocenters. The van der Waals surface area contributed by atoms with Crippen LogP contribution < -0.4 is 0 Å². The van der Waals surface area contributed by atoms with Crippen LogP contribution >= 0.6 is 0 Å². The molecule has 13 heavy (non-hydrogen) atoms. The van der Waals surface area contributed by atoms with Gasteiger partial charge in [0.25, 0.3) is 0 Å². The quantitative estimate of drug-likeness (QED) is 0.697. The largest absolute Gasteiger partial charge is 0.460 e. The number of benzene rings is 1. The lowest BCUT2D eigenvalue weighted by Gasteiger charge is -1.96. The maximum atomic E-state index is 10.9. The van der Waals surface area contributed by atoms with Crippen LogP contribution in [-0.2, 0) is 11.2 Å². The molecular weight excluding hydrogens is 164 g/mol.